The molecule has 1 aliphatic rings. The summed E-state index contributed by atoms with van der Waals surface area (Å²) >= 11 is 0. The van der Waals surface area contributed by atoms with E-state index < -0.39 is 0 Å². The molecule has 1 heterocycles. The summed E-state index contributed by atoms with van der Waals surface area (Å²) in [5.74, 6) is 0.782. The first-order valence-electron chi connectivity index (χ1n) is 5.18. The number of para-hydroxylation sites is 1. The number of nitrogens with one attached hydrogen (secondary N) is 2. The molecule has 0 radical (unpaired) electrons. The van der Waals surface area contributed by atoms with Gasteiger partial charge in [-0.25, -0.2) is 0 Å². The van der Waals surface area contributed by atoms with Crippen LogP contribution in [0.3, 0.4) is 0 Å². The second-order valence-electron chi connectivity index (χ2n) is 3.85. The molecule has 2 N–H and O–H groups in total. The Hall–Kier alpha value is -1.02. The van der Waals surface area contributed by atoms with E-state index in [2.05, 4.69) is 41.8 Å². The van der Waals surface area contributed by atoms with E-state index in [1.807, 2.05) is 14.1 Å². The third-order valence-corrected chi connectivity index (χ3v) is 2.23. The van der Waals surface area contributed by atoms with Gasteiger partial charge in [0.05, 0.1) is 0 Å². The highest BCUT2D eigenvalue weighted by molar-refractivity contribution is 5.52. The Bertz CT molecular complexity index is 271. The van der Waals surface area contributed by atoms with Crippen LogP contribution in [0.15, 0.2) is 24.3 Å². The summed E-state index contributed by atoms with van der Waals surface area (Å²) in [6.45, 7) is 3.40. The van der Waals surface area contributed by atoms with Gasteiger partial charge in [0.15, 0.2) is 0 Å². The fraction of sp³-hybridized carbons (Fsp3) is 0.500. The number of anilines is 1. The van der Waals surface area contributed by atoms with Crippen LogP contribution < -0.4 is 10.6 Å². The van der Waals surface area contributed by atoms with Crippen LogP contribution >= 0.6 is 0 Å². The molecule has 2 nitrogen and oxygen atoms in total. The minimum absolute atomic E-state index is 0.782. The van der Waals surface area contributed by atoms with E-state index in [9.17, 15) is 0 Å². The Kier molecular flexibility index (Phi) is 4.47. The lowest BCUT2D eigenvalue weighted by molar-refractivity contribution is 0.595. The van der Waals surface area contributed by atoms with Crippen molar-refractivity contribution in [2.45, 2.75) is 13.3 Å². The minimum atomic E-state index is 0.782. The quantitative estimate of drug-likeness (QED) is 0.658. The molecule has 1 aliphatic heterocycles. The highest BCUT2D eigenvalue weighted by Crippen LogP contribution is 2.23. The lowest BCUT2D eigenvalue weighted by atomic mass is 9.96. The van der Waals surface area contributed by atoms with Crippen molar-refractivity contribution in [1.82, 2.24) is 5.32 Å². The average molecular weight is 192 g/mol. The maximum absolute atomic E-state index is 3.41. The topological polar surface area (TPSA) is 24.1 Å². The van der Waals surface area contributed by atoms with Crippen LogP contribution in [0.2, 0.25) is 0 Å². The molecule has 1 aromatic rings. The SMILES string of the molecule is CC1CNc2ccccc2C1.CNC. The molecule has 0 spiro atoms. The lowest BCUT2D eigenvalue weighted by Gasteiger charge is -2.22. The van der Waals surface area contributed by atoms with E-state index in [0.29, 0.717) is 0 Å². The zero-order valence-corrected chi connectivity index (χ0v) is 9.30. The van der Waals surface area contributed by atoms with Gasteiger partial charge in [-0.2, -0.15) is 0 Å². The molecule has 0 fully saturated rings. The summed E-state index contributed by atoms with van der Waals surface area (Å²) in [5, 5.41) is 6.16. The second-order valence-corrected chi connectivity index (χ2v) is 3.85. The molecule has 1 atom stereocenters. The van der Waals surface area contributed by atoms with Gasteiger partial charge in [0.1, 0.15) is 0 Å². The third-order valence-electron chi connectivity index (χ3n) is 2.23. The molecule has 0 aliphatic carbocycles. The summed E-state index contributed by atoms with van der Waals surface area (Å²) in [6, 6.07) is 8.56. The molecule has 2 heteroatoms. The van der Waals surface area contributed by atoms with Gasteiger partial charge in [0.25, 0.3) is 0 Å². The number of fused-ring (bicyclic) bond motifs is 1. The van der Waals surface area contributed by atoms with Crippen molar-refractivity contribution in [1.29, 1.82) is 0 Å². The van der Waals surface area contributed by atoms with E-state index in [1.54, 1.807) is 0 Å². The Morgan fingerprint density at radius 3 is 2.64 bits per heavy atom. The van der Waals surface area contributed by atoms with Crippen LogP contribution in [0.5, 0.6) is 0 Å². The normalized spacial score (nSPS) is 18.6. The summed E-state index contributed by atoms with van der Waals surface area (Å²) in [5.41, 5.74) is 2.79. The molecular formula is C12H20N2. The van der Waals surface area contributed by atoms with Crippen molar-refractivity contribution < 1.29 is 0 Å². The number of rotatable bonds is 0. The van der Waals surface area contributed by atoms with E-state index in [1.165, 1.54) is 17.7 Å². The molecule has 1 aromatic carbocycles. The lowest BCUT2D eigenvalue weighted by Crippen LogP contribution is -2.20. The van der Waals surface area contributed by atoms with Gasteiger partial charge >= 0.3 is 0 Å². The second kappa shape index (κ2) is 5.66. The van der Waals surface area contributed by atoms with Crippen LogP contribution in [0.4, 0.5) is 5.69 Å². The first kappa shape index (κ1) is 11.1. The van der Waals surface area contributed by atoms with Gasteiger partial charge < -0.3 is 10.6 Å². The van der Waals surface area contributed by atoms with Crippen molar-refractivity contribution in [2.24, 2.45) is 5.92 Å². The van der Waals surface area contributed by atoms with E-state index in [-0.39, 0.29) is 0 Å². The predicted molar refractivity (Wildman–Crippen MR) is 62.8 cm³/mol. The van der Waals surface area contributed by atoms with Crippen molar-refractivity contribution in [3.8, 4) is 0 Å². The number of hydrogen-bond acceptors (Lipinski definition) is 2. The summed E-state index contributed by atoms with van der Waals surface area (Å²) in [4.78, 5) is 0. The smallest absolute Gasteiger partial charge is 0.0372 e. The Balaban J connectivity index is 0.000000293. The van der Waals surface area contributed by atoms with E-state index in [0.717, 1.165) is 12.5 Å². The molecule has 0 amide bonds. The molecular weight excluding hydrogens is 172 g/mol. The first-order chi connectivity index (χ1) is 6.77. The predicted octanol–water partition coefficient (Wildman–Crippen LogP) is 2.13. The third kappa shape index (κ3) is 3.04. The Labute approximate surface area is 86.7 Å². The highest BCUT2D eigenvalue weighted by Gasteiger charge is 2.12. The molecule has 78 valence electrons. The fourth-order valence-electron chi connectivity index (χ4n) is 1.60. The van der Waals surface area contributed by atoms with Crippen molar-refractivity contribution in [3.63, 3.8) is 0 Å². The monoisotopic (exact) mass is 192 g/mol. The summed E-state index contributed by atoms with van der Waals surface area (Å²) < 4.78 is 0. The zero-order chi connectivity index (χ0) is 10.4. The van der Waals surface area contributed by atoms with E-state index in [4.69, 9.17) is 0 Å². The minimum Gasteiger partial charge on any atom is -0.385 e. The maximum Gasteiger partial charge on any atom is 0.0372 e. The molecule has 0 aromatic heterocycles. The first-order valence-corrected chi connectivity index (χ1v) is 5.18. The van der Waals surface area contributed by atoms with Crippen LogP contribution in [0.1, 0.15) is 12.5 Å². The van der Waals surface area contributed by atoms with Crippen LogP contribution in [-0.2, 0) is 6.42 Å². The summed E-state index contributed by atoms with van der Waals surface area (Å²) in [6.07, 6.45) is 1.23. The van der Waals surface area contributed by atoms with Crippen LogP contribution in [0.25, 0.3) is 0 Å². The molecule has 1 unspecified atom stereocenters. The van der Waals surface area contributed by atoms with Crippen LogP contribution in [-0.4, -0.2) is 20.6 Å². The van der Waals surface area contributed by atoms with Crippen molar-refractivity contribution in [3.05, 3.63) is 29.8 Å². The zero-order valence-electron chi connectivity index (χ0n) is 9.30. The Morgan fingerprint density at radius 1 is 1.29 bits per heavy atom. The molecule has 0 bridgehead atoms. The number of hydrogen-bond donors (Lipinski definition) is 2. The summed E-state index contributed by atoms with van der Waals surface area (Å²) in [7, 11) is 3.75. The fourth-order valence-corrected chi connectivity index (χ4v) is 1.60. The maximum atomic E-state index is 3.41. The van der Waals surface area contributed by atoms with Gasteiger partial charge in [-0.3, -0.25) is 0 Å². The van der Waals surface area contributed by atoms with Gasteiger partial charge in [-0.1, -0.05) is 25.1 Å². The molecule has 0 saturated carbocycles. The van der Waals surface area contributed by atoms with Crippen LogP contribution in [0, 0.1) is 5.92 Å². The Morgan fingerprint density at radius 2 is 1.93 bits per heavy atom. The van der Waals surface area contributed by atoms with Crippen molar-refractivity contribution in [2.75, 3.05) is 26.0 Å². The molecule has 2 rings (SSSR count). The number of benzene rings is 1. The standard InChI is InChI=1S/C10H13N.C2H7N/c1-8-6-9-4-2-3-5-10(9)11-7-8;1-3-2/h2-5,8,11H,6-7H2,1H3;3H,1-2H3. The largest absolute Gasteiger partial charge is 0.385 e. The van der Waals surface area contributed by atoms with Gasteiger partial charge in [-0.15, -0.1) is 0 Å². The van der Waals surface area contributed by atoms with Gasteiger partial charge in [-0.05, 0) is 38.1 Å². The van der Waals surface area contributed by atoms with E-state index >= 15 is 0 Å². The van der Waals surface area contributed by atoms with Crippen molar-refractivity contribution >= 4 is 5.69 Å². The molecule has 0 saturated heterocycles. The molecule has 14 heavy (non-hydrogen) atoms. The van der Waals surface area contributed by atoms with Gasteiger partial charge in [0, 0.05) is 12.2 Å². The van der Waals surface area contributed by atoms with Gasteiger partial charge in [0.2, 0.25) is 0 Å². The highest BCUT2D eigenvalue weighted by atomic mass is 14.9. The average Bonchev–Trinajstić information content (AvgIpc) is 2.19.